The van der Waals surface area contributed by atoms with Gasteiger partial charge in [0.1, 0.15) is 17.5 Å². The molecule has 1 fully saturated rings. The van der Waals surface area contributed by atoms with E-state index in [9.17, 15) is 5.26 Å². The van der Waals surface area contributed by atoms with Gasteiger partial charge >= 0.3 is 0 Å². The molecule has 5 heteroatoms. The Morgan fingerprint density at radius 3 is 2.58 bits per heavy atom. The van der Waals surface area contributed by atoms with E-state index in [1.165, 1.54) is 31.0 Å². The quantitative estimate of drug-likeness (QED) is 0.645. The summed E-state index contributed by atoms with van der Waals surface area (Å²) in [4.78, 5) is 9.19. The fourth-order valence-electron chi connectivity index (χ4n) is 3.25. The first-order valence-electron chi connectivity index (χ1n) is 8.41. The number of hydrogen-bond acceptors (Lipinski definition) is 5. The molecule has 1 aliphatic rings. The van der Waals surface area contributed by atoms with Crippen molar-refractivity contribution in [2.45, 2.75) is 43.8 Å². The molecule has 1 aliphatic carbocycles. The standard InChI is InChI=1S/C19H22N4S/c1-13-8-6-7-11-16(13)21-18-15(12-20)17(22-19(23-18)24-2)14-9-4-3-5-10-14/h3-5,9-10,13,16H,6-8,11H2,1-2H3,(H,21,22,23). The number of hydrogen-bond donors (Lipinski definition) is 1. The van der Waals surface area contributed by atoms with E-state index in [0.29, 0.717) is 34.2 Å². The van der Waals surface area contributed by atoms with Crippen molar-refractivity contribution in [1.29, 1.82) is 5.26 Å². The molecule has 3 rings (SSSR count). The normalized spacial score (nSPS) is 20.4. The van der Waals surface area contributed by atoms with Crippen molar-refractivity contribution < 1.29 is 0 Å². The van der Waals surface area contributed by atoms with Crippen LogP contribution in [0.4, 0.5) is 5.82 Å². The van der Waals surface area contributed by atoms with E-state index in [4.69, 9.17) is 0 Å². The van der Waals surface area contributed by atoms with Crippen LogP contribution in [0, 0.1) is 17.2 Å². The van der Waals surface area contributed by atoms with Gasteiger partial charge in [-0.25, -0.2) is 9.97 Å². The maximum atomic E-state index is 9.74. The predicted molar refractivity (Wildman–Crippen MR) is 99.0 cm³/mol. The van der Waals surface area contributed by atoms with E-state index in [1.54, 1.807) is 0 Å². The predicted octanol–water partition coefficient (Wildman–Crippen LogP) is 4.73. The lowest BCUT2D eigenvalue weighted by molar-refractivity contribution is 0.349. The topological polar surface area (TPSA) is 61.6 Å². The van der Waals surface area contributed by atoms with Crippen LogP contribution in [0.25, 0.3) is 11.3 Å². The van der Waals surface area contributed by atoms with Crippen LogP contribution in [0.1, 0.15) is 38.2 Å². The summed E-state index contributed by atoms with van der Waals surface area (Å²) in [6, 6.07) is 12.6. The van der Waals surface area contributed by atoms with Crippen LogP contribution in [-0.2, 0) is 0 Å². The molecule has 0 bridgehead atoms. The fraction of sp³-hybridized carbons (Fsp3) is 0.421. The molecule has 2 unspecified atom stereocenters. The summed E-state index contributed by atoms with van der Waals surface area (Å²) < 4.78 is 0. The van der Waals surface area contributed by atoms with Crippen molar-refractivity contribution in [3.8, 4) is 17.3 Å². The first-order valence-corrected chi connectivity index (χ1v) is 9.63. The molecule has 1 aromatic carbocycles. The smallest absolute Gasteiger partial charge is 0.189 e. The monoisotopic (exact) mass is 338 g/mol. The second kappa shape index (κ2) is 7.67. The van der Waals surface area contributed by atoms with Crippen LogP contribution in [0.15, 0.2) is 35.5 Å². The number of anilines is 1. The summed E-state index contributed by atoms with van der Waals surface area (Å²) in [5.41, 5.74) is 2.20. The maximum absolute atomic E-state index is 9.74. The van der Waals surface area contributed by atoms with Crippen molar-refractivity contribution in [1.82, 2.24) is 9.97 Å². The van der Waals surface area contributed by atoms with Gasteiger partial charge in [0.2, 0.25) is 0 Å². The molecule has 0 aliphatic heterocycles. The first-order chi connectivity index (χ1) is 11.7. The van der Waals surface area contributed by atoms with Gasteiger partial charge in [0, 0.05) is 11.6 Å². The van der Waals surface area contributed by atoms with Gasteiger partial charge in [-0.3, -0.25) is 0 Å². The van der Waals surface area contributed by atoms with Gasteiger partial charge in [-0.15, -0.1) is 0 Å². The Hall–Kier alpha value is -2.06. The zero-order chi connectivity index (χ0) is 16.9. The minimum atomic E-state index is 0.374. The lowest BCUT2D eigenvalue weighted by Crippen LogP contribution is -2.31. The van der Waals surface area contributed by atoms with Gasteiger partial charge in [0.25, 0.3) is 0 Å². The van der Waals surface area contributed by atoms with Gasteiger partial charge in [0.05, 0.1) is 5.69 Å². The van der Waals surface area contributed by atoms with E-state index < -0.39 is 0 Å². The lowest BCUT2D eigenvalue weighted by Gasteiger charge is -2.30. The van der Waals surface area contributed by atoms with Crippen molar-refractivity contribution in [2.24, 2.45) is 5.92 Å². The lowest BCUT2D eigenvalue weighted by atomic mass is 9.86. The molecule has 2 atom stereocenters. The number of nitriles is 1. The third kappa shape index (κ3) is 3.54. The molecular formula is C19H22N4S. The number of nitrogens with zero attached hydrogens (tertiary/aromatic N) is 3. The Kier molecular flexibility index (Phi) is 5.37. The Bertz CT molecular complexity index is 739. The van der Waals surface area contributed by atoms with E-state index in [0.717, 1.165) is 12.0 Å². The zero-order valence-electron chi connectivity index (χ0n) is 14.1. The third-order valence-corrected chi connectivity index (χ3v) is 5.21. The average Bonchev–Trinajstić information content (AvgIpc) is 2.63. The molecular weight excluding hydrogens is 316 g/mol. The van der Waals surface area contributed by atoms with Crippen LogP contribution in [0.3, 0.4) is 0 Å². The highest BCUT2D eigenvalue weighted by Crippen LogP contribution is 2.31. The number of benzene rings is 1. The molecule has 0 amide bonds. The van der Waals surface area contributed by atoms with E-state index in [1.807, 2.05) is 36.6 Å². The van der Waals surface area contributed by atoms with Crippen LogP contribution in [0.5, 0.6) is 0 Å². The summed E-state index contributed by atoms with van der Waals surface area (Å²) in [6.45, 7) is 2.28. The molecule has 1 saturated carbocycles. The molecule has 1 N–H and O–H groups in total. The summed E-state index contributed by atoms with van der Waals surface area (Å²) in [7, 11) is 0. The molecule has 2 aromatic rings. The molecule has 1 aromatic heterocycles. The average molecular weight is 338 g/mol. The van der Waals surface area contributed by atoms with Crippen LogP contribution in [-0.4, -0.2) is 22.3 Å². The second-order valence-electron chi connectivity index (χ2n) is 6.27. The van der Waals surface area contributed by atoms with E-state index in [2.05, 4.69) is 28.3 Å². The van der Waals surface area contributed by atoms with Crippen molar-refractivity contribution >= 4 is 17.6 Å². The van der Waals surface area contributed by atoms with E-state index in [-0.39, 0.29) is 0 Å². The molecule has 0 radical (unpaired) electrons. The number of thioether (sulfide) groups is 1. The highest BCUT2D eigenvalue weighted by Gasteiger charge is 2.24. The Balaban J connectivity index is 2.03. The Morgan fingerprint density at radius 2 is 1.92 bits per heavy atom. The number of aromatic nitrogens is 2. The second-order valence-corrected chi connectivity index (χ2v) is 7.05. The zero-order valence-corrected chi connectivity index (χ0v) is 14.9. The van der Waals surface area contributed by atoms with Crippen molar-refractivity contribution in [2.75, 3.05) is 11.6 Å². The molecule has 124 valence electrons. The van der Waals surface area contributed by atoms with Crippen LogP contribution >= 0.6 is 11.8 Å². The van der Waals surface area contributed by atoms with Gasteiger partial charge in [-0.2, -0.15) is 5.26 Å². The SMILES string of the molecule is CSc1nc(NC2CCCCC2C)c(C#N)c(-c2ccccc2)n1. The van der Waals surface area contributed by atoms with Gasteiger partial charge in [-0.05, 0) is 25.0 Å². The highest BCUT2D eigenvalue weighted by molar-refractivity contribution is 7.98. The summed E-state index contributed by atoms with van der Waals surface area (Å²) in [6.07, 6.45) is 6.84. The van der Waals surface area contributed by atoms with Gasteiger partial charge < -0.3 is 5.32 Å². The summed E-state index contributed by atoms with van der Waals surface area (Å²) >= 11 is 1.50. The molecule has 1 heterocycles. The molecule has 0 spiro atoms. The first kappa shape index (κ1) is 16.8. The number of nitrogens with one attached hydrogen (secondary N) is 1. The van der Waals surface area contributed by atoms with Crippen molar-refractivity contribution in [3.63, 3.8) is 0 Å². The summed E-state index contributed by atoms with van der Waals surface area (Å²) in [5, 5.41) is 14.0. The minimum absolute atomic E-state index is 0.374. The van der Waals surface area contributed by atoms with Gasteiger partial charge in [0.15, 0.2) is 5.16 Å². The maximum Gasteiger partial charge on any atom is 0.189 e. The third-order valence-electron chi connectivity index (χ3n) is 4.66. The highest BCUT2D eigenvalue weighted by atomic mass is 32.2. The van der Waals surface area contributed by atoms with Crippen molar-refractivity contribution in [3.05, 3.63) is 35.9 Å². The molecule has 24 heavy (non-hydrogen) atoms. The fourth-order valence-corrected chi connectivity index (χ4v) is 3.62. The summed E-state index contributed by atoms with van der Waals surface area (Å²) in [5.74, 6) is 1.27. The van der Waals surface area contributed by atoms with Gasteiger partial charge in [-0.1, -0.05) is 61.9 Å². The Morgan fingerprint density at radius 1 is 1.17 bits per heavy atom. The number of rotatable bonds is 4. The van der Waals surface area contributed by atoms with E-state index >= 15 is 0 Å². The van der Waals surface area contributed by atoms with Crippen LogP contribution < -0.4 is 5.32 Å². The largest absolute Gasteiger partial charge is 0.366 e. The van der Waals surface area contributed by atoms with Crippen LogP contribution in [0.2, 0.25) is 0 Å². The Labute approximate surface area is 147 Å². The molecule has 0 saturated heterocycles. The minimum Gasteiger partial charge on any atom is -0.366 e. The molecule has 4 nitrogen and oxygen atoms in total.